The maximum absolute atomic E-state index is 12.1. The van der Waals surface area contributed by atoms with E-state index in [9.17, 15) is 9.59 Å². The fraction of sp³-hybridized carbons (Fsp3) is 0.214. The number of oxazole rings is 1. The number of para-hydroxylation sites is 2. The molecule has 3 rings (SSSR count). The summed E-state index contributed by atoms with van der Waals surface area (Å²) < 4.78 is 10.8. The van der Waals surface area contributed by atoms with E-state index in [0.29, 0.717) is 11.1 Å². The summed E-state index contributed by atoms with van der Waals surface area (Å²) in [5.74, 6) is -0.909. The maximum Gasteiger partial charge on any atom is 0.420 e. The van der Waals surface area contributed by atoms with Gasteiger partial charge in [-0.1, -0.05) is 35.3 Å². The van der Waals surface area contributed by atoms with Crippen LogP contribution in [0.4, 0.5) is 0 Å². The molecule has 0 saturated carbocycles. The number of halogens is 2. The van der Waals surface area contributed by atoms with E-state index in [4.69, 9.17) is 27.6 Å². The highest BCUT2D eigenvalue weighted by Gasteiger charge is 2.20. The van der Waals surface area contributed by atoms with E-state index in [0.717, 1.165) is 11.5 Å². The molecule has 23 heavy (non-hydrogen) atoms. The molecule has 6 nitrogen and oxygen atoms in total. The molecule has 1 atom stereocenters. The van der Waals surface area contributed by atoms with Crippen molar-refractivity contribution in [2.75, 3.05) is 0 Å². The quantitative estimate of drug-likeness (QED) is 0.763. The van der Waals surface area contributed by atoms with Gasteiger partial charge in [0, 0.05) is 12.6 Å². The predicted octanol–water partition coefficient (Wildman–Crippen LogP) is 3.18. The fourth-order valence-corrected chi connectivity index (χ4v) is 3.20. The third-order valence-electron chi connectivity index (χ3n) is 3.22. The van der Waals surface area contributed by atoms with Gasteiger partial charge in [-0.3, -0.25) is 9.36 Å². The Hall–Kier alpha value is -1.83. The molecule has 0 spiro atoms. The third-order valence-corrected chi connectivity index (χ3v) is 4.83. The summed E-state index contributed by atoms with van der Waals surface area (Å²) in [4.78, 5) is 24.1. The minimum atomic E-state index is -0.470. The lowest BCUT2D eigenvalue weighted by atomic mass is 10.3. The molecule has 0 aliphatic heterocycles. The standard InChI is InChI=1S/C14H11Cl2N3O3S/c1-7(17-13(20)11-10(15)12(16)23-18-11)6-19-8-4-2-3-5-9(8)22-14(19)21/h2-5,7H,6H2,1H3,(H,17,20)/t7-/m1/s1. The molecular formula is C14H11Cl2N3O3S. The Balaban J connectivity index is 1.77. The Kier molecular flexibility index (Phi) is 4.43. The molecule has 0 fully saturated rings. The van der Waals surface area contributed by atoms with Crippen molar-refractivity contribution in [3.63, 3.8) is 0 Å². The topological polar surface area (TPSA) is 77.1 Å². The van der Waals surface area contributed by atoms with Crippen molar-refractivity contribution in [2.24, 2.45) is 0 Å². The lowest BCUT2D eigenvalue weighted by Crippen LogP contribution is -2.37. The van der Waals surface area contributed by atoms with Gasteiger partial charge in [-0.2, -0.15) is 4.37 Å². The number of fused-ring (bicyclic) bond motifs is 1. The van der Waals surface area contributed by atoms with Gasteiger partial charge >= 0.3 is 5.76 Å². The van der Waals surface area contributed by atoms with Crippen LogP contribution in [0, 0.1) is 0 Å². The van der Waals surface area contributed by atoms with Gasteiger partial charge in [-0.25, -0.2) is 4.79 Å². The van der Waals surface area contributed by atoms with Crippen molar-refractivity contribution in [3.05, 3.63) is 49.9 Å². The maximum atomic E-state index is 12.1. The van der Waals surface area contributed by atoms with Crippen molar-refractivity contribution < 1.29 is 9.21 Å². The number of nitrogens with one attached hydrogen (secondary N) is 1. The van der Waals surface area contributed by atoms with Gasteiger partial charge in [-0.15, -0.1) is 0 Å². The Morgan fingerprint density at radius 2 is 2.17 bits per heavy atom. The minimum Gasteiger partial charge on any atom is -0.408 e. The first kappa shape index (κ1) is 16.0. The van der Waals surface area contributed by atoms with E-state index in [-0.39, 0.29) is 27.6 Å². The van der Waals surface area contributed by atoms with Crippen LogP contribution < -0.4 is 11.1 Å². The molecule has 3 aromatic rings. The van der Waals surface area contributed by atoms with E-state index in [2.05, 4.69) is 9.69 Å². The molecule has 0 saturated heterocycles. The Morgan fingerprint density at radius 1 is 1.43 bits per heavy atom. The highest BCUT2D eigenvalue weighted by atomic mass is 35.5. The van der Waals surface area contributed by atoms with E-state index < -0.39 is 11.7 Å². The Bertz CT molecular complexity index is 931. The van der Waals surface area contributed by atoms with Crippen LogP contribution in [0.3, 0.4) is 0 Å². The average Bonchev–Trinajstić information content (AvgIpc) is 3.00. The summed E-state index contributed by atoms with van der Waals surface area (Å²) in [7, 11) is 0. The van der Waals surface area contributed by atoms with Crippen LogP contribution in [0.5, 0.6) is 0 Å². The largest absolute Gasteiger partial charge is 0.420 e. The Labute approximate surface area is 144 Å². The molecule has 2 heterocycles. The number of rotatable bonds is 4. The number of carbonyl (C=O) groups is 1. The van der Waals surface area contributed by atoms with Crippen LogP contribution in [0.15, 0.2) is 33.5 Å². The molecular weight excluding hydrogens is 361 g/mol. The summed E-state index contributed by atoms with van der Waals surface area (Å²) in [5.41, 5.74) is 1.26. The zero-order valence-electron chi connectivity index (χ0n) is 11.9. The molecule has 0 radical (unpaired) electrons. The highest BCUT2D eigenvalue weighted by molar-refractivity contribution is 7.11. The van der Waals surface area contributed by atoms with Crippen molar-refractivity contribution in [2.45, 2.75) is 19.5 Å². The van der Waals surface area contributed by atoms with E-state index >= 15 is 0 Å². The van der Waals surface area contributed by atoms with E-state index in [1.54, 1.807) is 25.1 Å². The van der Waals surface area contributed by atoms with E-state index in [1.165, 1.54) is 4.57 Å². The summed E-state index contributed by atoms with van der Waals surface area (Å²) in [6, 6.07) is 6.76. The number of nitrogens with zero attached hydrogens (tertiary/aromatic N) is 2. The monoisotopic (exact) mass is 371 g/mol. The molecule has 1 amide bonds. The smallest absolute Gasteiger partial charge is 0.408 e. The van der Waals surface area contributed by atoms with Crippen LogP contribution in [-0.2, 0) is 6.54 Å². The first-order valence-electron chi connectivity index (χ1n) is 6.67. The summed E-state index contributed by atoms with van der Waals surface area (Å²) in [6.07, 6.45) is 0. The van der Waals surface area contributed by atoms with Crippen LogP contribution in [0.25, 0.3) is 11.1 Å². The normalized spacial score (nSPS) is 12.5. The average molecular weight is 372 g/mol. The summed E-state index contributed by atoms with van der Waals surface area (Å²) in [5, 5.41) is 2.87. The van der Waals surface area contributed by atoms with Crippen molar-refractivity contribution >= 4 is 51.7 Å². The number of amides is 1. The first-order valence-corrected chi connectivity index (χ1v) is 8.20. The summed E-state index contributed by atoms with van der Waals surface area (Å²) >= 11 is 12.7. The molecule has 0 aliphatic rings. The molecule has 0 bridgehead atoms. The second-order valence-electron chi connectivity index (χ2n) is 4.94. The van der Waals surface area contributed by atoms with Gasteiger partial charge in [-0.05, 0) is 30.6 Å². The number of aromatic nitrogens is 2. The lowest BCUT2D eigenvalue weighted by molar-refractivity contribution is 0.0932. The van der Waals surface area contributed by atoms with Crippen LogP contribution in [-0.4, -0.2) is 20.9 Å². The molecule has 9 heteroatoms. The van der Waals surface area contributed by atoms with Crippen LogP contribution in [0.2, 0.25) is 9.36 Å². The fourth-order valence-electron chi connectivity index (χ4n) is 2.20. The zero-order valence-corrected chi connectivity index (χ0v) is 14.2. The van der Waals surface area contributed by atoms with Crippen molar-refractivity contribution in [3.8, 4) is 0 Å². The Morgan fingerprint density at radius 3 is 2.87 bits per heavy atom. The van der Waals surface area contributed by atoms with Gasteiger partial charge in [0.05, 0.1) is 5.52 Å². The zero-order chi connectivity index (χ0) is 16.6. The second-order valence-corrected chi connectivity index (χ2v) is 6.69. The third kappa shape index (κ3) is 3.12. The van der Waals surface area contributed by atoms with Gasteiger partial charge < -0.3 is 9.73 Å². The highest BCUT2D eigenvalue weighted by Crippen LogP contribution is 2.29. The van der Waals surface area contributed by atoms with Crippen LogP contribution >= 0.6 is 34.7 Å². The molecule has 2 aromatic heterocycles. The SMILES string of the molecule is C[C@H](Cn1c(=O)oc2ccccc21)NC(=O)c1nsc(Cl)c1Cl. The second kappa shape index (κ2) is 6.35. The van der Waals surface area contributed by atoms with Crippen molar-refractivity contribution in [1.82, 2.24) is 14.3 Å². The lowest BCUT2D eigenvalue weighted by Gasteiger charge is -2.13. The number of benzene rings is 1. The minimum absolute atomic E-state index is 0.0814. The van der Waals surface area contributed by atoms with Gasteiger partial charge in [0.1, 0.15) is 9.36 Å². The first-order chi connectivity index (χ1) is 11.0. The predicted molar refractivity (Wildman–Crippen MR) is 89.5 cm³/mol. The molecule has 0 unspecified atom stereocenters. The van der Waals surface area contributed by atoms with Crippen LogP contribution in [0.1, 0.15) is 17.4 Å². The van der Waals surface area contributed by atoms with Crippen molar-refractivity contribution in [1.29, 1.82) is 0 Å². The number of carbonyl (C=O) groups excluding carboxylic acids is 1. The molecule has 120 valence electrons. The van der Waals surface area contributed by atoms with Gasteiger partial charge in [0.15, 0.2) is 11.3 Å². The molecule has 0 aliphatic carbocycles. The molecule has 1 N–H and O–H groups in total. The number of hydrogen-bond donors (Lipinski definition) is 1. The number of hydrogen-bond acceptors (Lipinski definition) is 5. The van der Waals surface area contributed by atoms with E-state index in [1.807, 2.05) is 6.07 Å². The molecule has 1 aromatic carbocycles. The summed E-state index contributed by atoms with van der Waals surface area (Å²) in [6.45, 7) is 2.03. The van der Waals surface area contributed by atoms with Gasteiger partial charge in [0.2, 0.25) is 0 Å². The van der Waals surface area contributed by atoms with Gasteiger partial charge in [0.25, 0.3) is 5.91 Å².